The second-order valence-electron chi connectivity index (χ2n) is 8.94. The van der Waals surface area contributed by atoms with E-state index in [9.17, 15) is 14.7 Å². The number of hydrogen-bond acceptors (Lipinski definition) is 5. The van der Waals surface area contributed by atoms with Crippen molar-refractivity contribution in [2.45, 2.75) is 32.7 Å². The molecule has 4 aromatic rings. The van der Waals surface area contributed by atoms with Gasteiger partial charge in [-0.2, -0.15) is 0 Å². The molecule has 1 fully saturated rings. The number of ketones is 1. The lowest BCUT2D eigenvalue weighted by atomic mass is 9.98. The first-order valence-corrected chi connectivity index (χ1v) is 13.0. The average molecular weight is 501 g/mol. The lowest BCUT2D eigenvalue weighted by Gasteiger charge is -2.25. The van der Waals surface area contributed by atoms with Crippen LogP contribution in [0.5, 0.6) is 5.75 Å². The van der Waals surface area contributed by atoms with E-state index < -0.39 is 17.7 Å². The van der Waals surface area contributed by atoms with E-state index >= 15 is 0 Å². The number of carbonyl (C=O) groups excluding carboxylic acids is 2. The molecule has 1 unspecified atom stereocenters. The van der Waals surface area contributed by atoms with Crippen molar-refractivity contribution in [3.05, 3.63) is 93.3 Å². The van der Waals surface area contributed by atoms with Gasteiger partial charge in [0.25, 0.3) is 11.7 Å². The predicted molar refractivity (Wildman–Crippen MR) is 142 cm³/mol. The molecule has 0 radical (unpaired) electrons. The summed E-state index contributed by atoms with van der Waals surface area (Å²) in [5.74, 6) is -0.714. The summed E-state index contributed by atoms with van der Waals surface area (Å²) in [6.45, 7) is 4.95. The average Bonchev–Trinajstić information content (AvgIpc) is 3.58. The number of hydrogen-bond donors (Lipinski definition) is 2. The highest BCUT2D eigenvalue weighted by Gasteiger charge is 2.46. The normalized spacial score (nSPS) is 17.3. The van der Waals surface area contributed by atoms with E-state index in [0.29, 0.717) is 30.9 Å². The van der Waals surface area contributed by atoms with E-state index in [1.54, 1.807) is 29.2 Å². The van der Waals surface area contributed by atoms with Crippen LogP contribution in [-0.2, 0) is 16.0 Å². The van der Waals surface area contributed by atoms with E-state index in [1.807, 2.05) is 55.8 Å². The molecule has 0 saturated carbocycles. The monoisotopic (exact) mass is 500 g/mol. The molecule has 1 amide bonds. The van der Waals surface area contributed by atoms with Crippen LogP contribution in [-0.4, -0.2) is 39.8 Å². The van der Waals surface area contributed by atoms with Crippen molar-refractivity contribution in [2.24, 2.45) is 0 Å². The van der Waals surface area contributed by atoms with Gasteiger partial charge in [0.05, 0.1) is 18.2 Å². The third kappa shape index (κ3) is 4.31. The highest BCUT2D eigenvalue weighted by molar-refractivity contribution is 7.10. The standard InChI is InChI=1S/C29H28N2O4S/c1-3-15-35-21-10-8-19(9-11-21)26(32)24-25(28-18(2)13-16-36-28)31(29(34)27(24)33)14-12-20-17-30-23-7-5-4-6-22(20)23/h4-11,13,16-17,25,30,32H,3,12,14-15H2,1-2H3/b26-24-. The molecule has 1 saturated heterocycles. The summed E-state index contributed by atoms with van der Waals surface area (Å²) in [4.78, 5) is 32.3. The van der Waals surface area contributed by atoms with Gasteiger partial charge in [0.15, 0.2) is 0 Å². The van der Waals surface area contributed by atoms with Crippen LogP contribution >= 0.6 is 11.3 Å². The van der Waals surface area contributed by atoms with E-state index in [1.165, 1.54) is 11.3 Å². The number of Topliss-reactive ketones (excluding diaryl/α,β-unsaturated/α-hetero) is 1. The van der Waals surface area contributed by atoms with Crippen LogP contribution in [0.25, 0.3) is 16.7 Å². The van der Waals surface area contributed by atoms with Crippen LogP contribution in [0.2, 0.25) is 0 Å². The summed E-state index contributed by atoms with van der Waals surface area (Å²) in [5.41, 5.74) is 3.71. The third-order valence-corrected chi connectivity index (χ3v) is 7.66. The van der Waals surface area contributed by atoms with Crippen LogP contribution < -0.4 is 4.74 Å². The topological polar surface area (TPSA) is 82.6 Å². The molecule has 0 aliphatic carbocycles. The predicted octanol–water partition coefficient (Wildman–Crippen LogP) is 5.99. The number of rotatable bonds is 8. The van der Waals surface area contributed by atoms with Crippen molar-refractivity contribution in [1.82, 2.24) is 9.88 Å². The maximum Gasteiger partial charge on any atom is 0.295 e. The number of ether oxygens (including phenoxy) is 1. The Balaban J connectivity index is 1.51. The number of benzene rings is 2. The smallest absolute Gasteiger partial charge is 0.295 e. The van der Waals surface area contributed by atoms with Crippen LogP contribution in [0.15, 0.2) is 71.7 Å². The Labute approximate surface area is 213 Å². The summed E-state index contributed by atoms with van der Waals surface area (Å²) in [7, 11) is 0. The van der Waals surface area contributed by atoms with Crippen molar-refractivity contribution in [3.8, 4) is 5.75 Å². The van der Waals surface area contributed by atoms with Gasteiger partial charge in [0, 0.05) is 34.1 Å². The van der Waals surface area contributed by atoms with Crippen LogP contribution in [0.4, 0.5) is 0 Å². The number of nitrogens with zero attached hydrogens (tertiary/aromatic N) is 1. The minimum Gasteiger partial charge on any atom is -0.507 e. The molecule has 36 heavy (non-hydrogen) atoms. The number of aromatic amines is 1. The lowest BCUT2D eigenvalue weighted by Crippen LogP contribution is -2.31. The van der Waals surface area contributed by atoms with Crippen molar-refractivity contribution in [2.75, 3.05) is 13.2 Å². The number of likely N-dealkylation sites (tertiary alicyclic amines) is 1. The molecule has 2 aromatic carbocycles. The largest absolute Gasteiger partial charge is 0.507 e. The van der Waals surface area contributed by atoms with Gasteiger partial charge in [-0.1, -0.05) is 25.1 Å². The SMILES string of the molecule is CCCOc1ccc(/C(O)=C2/C(=O)C(=O)N(CCc3c[nH]c4ccccc34)C2c2sccc2C)cc1. The Morgan fingerprint density at radius 2 is 1.89 bits per heavy atom. The Morgan fingerprint density at radius 3 is 2.61 bits per heavy atom. The molecule has 6 nitrogen and oxygen atoms in total. The number of aryl methyl sites for hydroxylation is 1. The first-order chi connectivity index (χ1) is 17.5. The fourth-order valence-corrected chi connectivity index (χ4v) is 5.76. The molecule has 7 heteroatoms. The fourth-order valence-electron chi connectivity index (χ4n) is 4.71. The number of thiophene rings is 1. The van der Waals surface area contributed by atoms with Crippen LogP contribution in [0, 0.1) is 6.92 Å². The molecular formula is C29H28N2O4S. The zero-order valence-electron chi connectivity index (χ0n) is 20.3. The quantitative estimate of drug-likeness (QED) is 0.177. The second-order valence-corrected chi connectivity index (χ2v) is 9.89. The summed E-state index contributed by atoms with van der Waals surface area (Å²) in [5, 5.41) is 14.3. The van der Waals surface area contributed by atoms with Crippen molar-refractivity contribution < 1.29 is 19.4 Å². The number of para-hydroxylation sites is 1. The van der Waals surface area contributed by atoms with Gasteiger partial charge in [0.2, 0.25) is 0 Å². The third-order valence-electron chi connectivity index (χ3n) is 6.59. The molecule has 3 heterocycles. The minimum absolute atomic E-state index is 0.131. The molecule has 184 valence electrons. The molecule has 0 spiro atoms. The van der Waals surface area contributed by atoms with Crippen molar-refractivity contribution in [1.29, 1.82) is 0 Å². The molecule has 1 aliphatic heterocycles. The van der Waals surface area contributed by atoms with Gasteiger partial charge in [-0.05, 0) is 72.7 Å². The number of H-pyrrole nitrogens is 1. The minimum atomic E-state index is -0.657. The van der Waals surface area contributed by atoms with Crippen LogP contribution in [0.3, 0.4) is 0 Å². The number of aliphatic hydroxyl groups is 1. The first-order valence-electron chi connectivity index (χ1n) is 12.1. The van der Waals surface area contributed by atoms with Crippen LogP contribution in [0.1, 0.15) is 41.0 Å². The number of aliphatic hydroxyl groups excluding tert-OH is 1. The molecule has 2 N–H and O–H groups in total. The molecular weight excluding hydrogens is 472 g/mol. The number of carbonyl (C=O) groups is 2. The van der Waals surface area contributed by atoms with Crippen molar-refractivity contribution in [3.63, 3.8) is 0 Å². The van der Waals surface area contributed by atoms with E-state index in [0.717, 1.165) is 33.3 Å². The molecule has 5 rings (SSSR count). The summed E-state index contributed by atoms with van der Waals surface area (Å²) >= 11 is 1.49. The number of amides is 1. The number of nitrogens with one attached hydrogen (secondary N) is 1. The summed E-state index contributed by atoms with van der Waals surface area (Å²) in [6, 6.07) is 16.3. The van der Waals surface area contributed by atoms with Gasteiger partial charge >= 0.3 is 0 Å². The Bertz CT molecular complexity index is 1450. The number of aromatic nitrogens is 1. The summed E-state index contributed by atoms with van der Waals surface area (Å²) in [6.07, 6.45) is 3.43. The molecule has 2 aromatic heterocycles. The van der Waals surface area contributed by atoms with Gasteiger partial charge in [-0.25, -0.2) is 0 Å². The molecule has 0 bridgehead atoms. The number of fused-ring (bicyclic) bond motifs is 1. The maximum absolute atomic E-state index is 13.3. The Morgan fingerprint density at radius 1 is 1.11 bits per heavy atom. The zero-order valence-corrected chi connectivity index (χ0v) is 21.1. The first kappa shape index (κ1) is 23.9. The lowest BCUT2D eigenvalue weighted by molar-refractivity contribution is -0.139. The van der Waals surface area contributed by atoms with Gasteiger partial charge < -0.3 is 19.7 Å². The van der Waals surface area contributed by atoms with Gasteiger partial charge in [-0.15, -0.1) is 11.3 Å². The highest BCUT2D eigenvalue weighted by atomic mass is 32.1. The Hall–Kier alpha value is -3.84. The van der Waals surface area contributed by atoms with Crippen molar-refractivity contribution >= 4 is 39.7 Å². The summed E-state index contributed by atoms with van der Waals surface area (Å²) < 4.78 is 5.64. The van der Waals surface area contributed by atoms with Gasteiger partial charge in [-0.3, -0.25) is 9.59 Å². The molecule has 1 atom stereocenters. The highest BCUT2D eigenvalue weighted by Crippen LogP contribution is 2.42. The zero-order chi connectivity index (χ0) is 25.2. The fraction of sp³-hybridized carbons (Fsp3) is 0.241. The van der Waals surface area contributed by atoms with E-state index in [2.05, 4.69) is 4.98 Å². The van der Waals surface area contributed by atoms with E-state index in [-0.39, 0.29) is 11.3 Å². The molecule has 1 aliphatic rings. The Kier molecular flexibility index (Phi) is 6.65. The van der Waals surface area contributed by atoms with E-state index in [4.69, 9.17) is 4.74 Å². The van der Waals surface area contributed by atoms with Gasteiger partial charge in [0.1, 0.15) is 11.5 Å². The second kappa shape index (κ2) is 10.0. The maximum atomic E-state index is 13.3.